The number of piperazine rings is 1. The number of nitrogens with zero attached hydrogens (tertiary/aromatic N) is 1. The van der Waals surface area contributed by atoms with Gasteiger partial charge in [-0.3, -0.25) is 9.69 Å². The molecule has 1 fully saturated rings. The zero-order valence-corrected chi connectivity index (χ0v) is 11.3. The average Bonchev–Trinajstić information content (AvgIpc) is 2.39. The quantitative estimate of drug-likeness (QED) is 0.773. The number of ether oxygens (including phenoxy) is 1. The molecule has 5 nitrogen and oxygen atoms in total. The Labute approximate surface area is 113 Å². The summed E-state index contributed by atoms with van der Waals surface area (Å²) in [6.07, 6.45) is 0.824. The van der Waals surface area contributed by atoms with Crippen LogP contribution in [0.25, 0.3) is 0 Å². The number of amides is 1. The highest BCUT2D eigenvalue weighted by atomic mass is 16.5. The van der Waals surface area contributed by atoms with Gasteiger partial charge in [0.25, 0.3) is 0 Å². The number of nitrogens with one attached hydrogen (secondary N) is 1. The molecule has 2 rings (SSSR count). The normalized spacial score (nSPS) is 20.1. The Bertz CT molecular complexity index is 436. The first-order chi connectivity index (χ1) is 9.20. The predicted molar refractivity (Wildman–Crippen MR) is 75.0 cm³/mol. The number of nitrogen functional groups attached to an aromatic ring is 1. The molecule has 0 saturated carbocycles. The minimum atomic E-state index is -0.0295. The van der Waals surface area contributed by atoms with Crippen LogP contribution >= 0.6 is 0 Å². The highest BCUT2D eigenvalue weighted by molar-refractivity contribution is 5.82. The van der Waals surface area contributed by atoms with E-state index in [-0.39, 0.29) is 11.9 Å². The molecular weight excluding hydrogens is 242 g/mol. The molecule has 1 saturated heterocycles. The summed E-state index contributed by atoms with van der Waals surface area (Å²) < 4.78 is 5.66. The summed E-state index contributed by atoms with van der Waals surface area (Å²) in [6, 6.07) is 7.36. The number of rotatable bonds is 5. The number of carbonyl (C=O) groups excluding carboxylic acids is 1. The molecule has 0 aromatic heterocycles. The van der Waals surface area contributed by atoms with Crippen LogP contribution in [-0.4, -0.2) is 43.1 Å². The van der Waals surface area contributed by atoms with Gasteiger partial charge < -0.3 is 15.8 Å². The van der Waals surface area contributed by atoms with E-state index in [0.29, 0.717) is 18.8 Å². The Morgan fingerprint density at radius 2 is 2.37 bits per heavy atom. The summed E-state index contributed by atoms with van der Waals surface area (Å²) in [4.78, 5) is 13.9. The number of carbonyl (C=O) groups is 1. The fraction of sp³-hybridized carbons (Fsp3) is 0.500. The Morgan fingerprint density at radius 1 is 1.53 bits per heavy atom. The maximum absolute atomic E-state index is 11.7. The van der Waals surface area contributed by atoms with E-state index in [2.05, 4.69) is 10.2 Å². The van der Waals surface area contributed by atoms with Crippen molar-refractivity contribution in [1.29, 1.82) is 0 Å². The highest BCUT2D eigenvalue weighted by Crippen LogP contribution is 2.15. The second-order valence-electron chi connectivity index (χ2n) is 4.67. The van der Waals surface area contributed by atoms with Crippen LogP contribution in [0, 0.1) is 0 Å². The topological polar surface area (TPSA) is 67.6 Å². The fourth-order valence-corrected chi connectivity index (χ4v) is 2.36. The summed E-state index contributed by atoms with van der Waals surface area (Å²) in [5.41, 5.74) is 6.39. The van der Waals surface area contributed by atoms with E-state index < -0.39 is 0 Å². The van der Waals surface area contributed by atoms with E-state index in [1.807, 2.05) is 25.1 Å². The molecule has 1 aromatic carbocycles. The van der Waals surface area contributed by atoms with Gasteiger partial charge in [-0.05, 0) is 18.6 Å². The third kappa shape index (κ3) is 3.61. The SMILES string of the molecule is CCC1C(=O)NCCN1CCOc1cccc(N)c1. The minimum absolute atomic E-state index is 0.0295. The predicted octanol–water partition coefficient (Wildman–Crippen LogP) is 0.858. The van der Waals surface area contributed by atoms with Crippen LogP contribution in [0.3, 0.4) is 0 Å². The van der Waals surface area contributed by atoms with E-state index in [1.54, 1.807) is 6.07 Å². The van der Waals surface area contributed by atoms with Crippen LogP contribution in [-0.2, 0) is 4.79 Å². The van der Waals surface area contributed by atoms with Gasteiger partial charge in [0.1, 0.15) is 12.4 Å². The van der Waals surface area contributed by atoms with E-state index >= 15 is 0 Å². The third-order valence-corrected chi connectivity index (χ3v) is 3.33. The van der Waals surface area contributed by atoms with E-state index in [4.69, 9.17) is 10.5 Å². The lowest BCUT2D eigenvalue weighted by molar-refractivity contribution is -0.129. The van der Waals surface area contributed by atoms with E-state index in [9.17, 15) is 4.79 Å². The minimum Gasteiger partial charge on any atom is -0.492 e. The first kappa shape index (κ1) is 13.7. The molecule has 104 valence electrons. The Hall–Kier alpha value is -1.75. The number of hydrogen-bond acceptors (Lipinski definition) is 4. The van der Waals surface area contributed by atoms with Crippen molar-refractivity contribution in [3.05, 3.63) is 24.3 Å². The molecule has 5 heteroatoms. The summed E-state index contributed by atoms with van der Waals surface area (Å²) >= 11 is 0. The van der Waals surface area contributed by atoms with Crippen LogP contribution in [0.5, 0.6) is 5.75 Å². The van der Waals surface area contributed by atoms with Crippen LogP contribution in [0.2, 0.25) is 0 Å². The molecule has 19 heavy (non-hydrogen) atoms. The van der Waals surface area contributed by atoms with Crippen molar-refractivity contribution in [3.63, 3.8) is 0 Å². The lowest BCUT2D eigenvalue weighted by Gasteiger charge is -2.34. The zero-order chi connectivity index (χ0) is 13.7. The maximum Gasteiger partial charge on any atom is 0.237 e. The summed E-state index contributed by atoms with van der Waals surface area (Å²) in [5, 5.41) is 2.89. The summed E-state index contributed by atoms with van der Waals surface area (Å²) in [5.74, 6) is 0.896. The summed E-state index contributed by atoms with van der Waals surface area (Å²) in [7, 11) is 0. The van der Waals surface area contributed by atoms with Crippen molar-refractivity contribution in [3.8, 4) is 5.75 Å². The smallest absolute Gasteiger partial charge is 0.237 e. The first-order valence-corrected chi connectivity index (χ1v) is 6.71. The van der Waals surface area contributed by atoms with Crippen LogP contribution in [0.15, 0.2) is 24.3 Å². The molecule has 1 atom stereocenters. The number of hydrogen-bond donors (Lipinski definition) is 2. The molecule has 1 aliphatic heterocycles. The maximum atomic E-state index is 11.7. The second kappa shape index (κ2) is 6.43. The standard InChI is InChI=1S/C14H21N3O2/c1-2-13-14(18)16-6-7-17(13)8-9-19-12-5-3-4-11(15)10-12/h3-5,10,13H,2,6-9,15H2,1H3,(H,16,18). The average molecular weight is 263 g/mol. The van der Waals surface area contributed by atoms with Crippen molar-refractivity contribution >= 4 is 11.6 Å². The molecule has 1 heterocycles. The summed E-state index contributed by atoms with van der Waals surface area (Å²) in [6.45, 7) is 4.94. The van der Waals surface area contributed by atoms with Gasteiger partial charge in [0.05, 0.1) is 6.04 Å². The van der Waals surface area contributed by atoms with E-state index in [0.717, 1.165) is 25.3 Å². The molecule has 1 aromatic rings. The first-order valence-electron chi connectivity index (χ1n) is 6.71. The number of anilines is 1. The van der Waals surface area contributed by atoms with Gasteiger partial charge in [-0.1, -0.05) is 13.0 Å². The van der Waals surface area contributed by atoms with Crippen molar-refractivity contribution < 1.29 is 9.53 Å². The van der Waals surface area contributed by atoms with Gasteiger partial charge in [-0.15, -0.1) is 0 Å². The van der Waals surface area contributed by atoms with Gasteiger partial charge >= 0.3 is 0 Å². The van der Waals surface area contributed by atoms with Gasteiger partial charge in [0, 0.05) is 31.4 Å². The molecular formula is C14H21N3O2. The third-order valence-electron chi connectivity index (χ3n) is 3.33. The molecule has 1 amide bonds. The van der Waals surface area contributed by atoms with Gasteiger partial charge in [-0.25, -0.2) is 0 Å². The zero-order valence-electron chi connectivity index (χ0n) is 11.3. The molecule has 0 aliphatic carbocycles. The number of benzene rings is 1. The van der Waals surface area contributed by atoms with Gasteiger partial charge in [0.15, 0.2) is 0 Å². The van der Waals surface area contributed by atoms with Crippen LogP contribution in [0.4, 0.5) is 5.69 Å². The second-order valence-corrected chi connectivity index (χ2v) is 4.67. The lowest BCUT2D eigenvalue weighted by Crippen LogP contribution is -2.55. The van der Waals surface area contributed by atoms with Crippen LogP contribution in [0.1, 0.15) is 13.3 Å². The molecule has 1 unspecified atom stereocenters. The molecule has 1 aliphatic rings. The van der Waals surface area contributed by atoms with Crippen molar-refractivity contribution in [2.45, 2.75) is 19.4 Å². The monoisotopic (exact) mass is 263 g/mol. The van der Waals surface area contributed by atoms with Crippen LogP contribution < -0.4 is 15.8 Å². The Kier molecular flexibility index (Phi) is 4.63. The van der Waals surface area contributed by atoms with Crippen molar-refractivity contribution in [2.75, 3.05) is 32.0 Å². The Balaban J connectivity index is 1.83. The highest BCUT2D eigenvalue weighted by Gasteiger charge is 2.27. The van der Waals surface area contributed by atoms with Gasteiger partial charge in [-0.2, -0.15) is 0 Å². The fourth-order valence-electron chi connectivity index (χ4n) is 2.36. The molecule has 3 N–H and O–H groups in total. The molecule has 0 bridgehead atoms. The molecule has 0 spiro atoms. The molecule has 0 radical (unpaired) electrons. The Morgan fingerprint density at radius 3 is 3.11 bits per heavy atom. The van der Waals surface area contributed by atoms with Crippen molar-refractivity contribution in [1.82, 2.24) is 10.2 Å². The largest absolute Gasteiger partial charge is 0.492 e. The lowest BCUT2D eigenvalue weighted by atomic mass is 10.1. The van der Waals surface area contributed by atoms with Gasteiger partial charge in [0.2, 0.25) is 5.91 Å². The number of nitrogens with two attached hydrogens (primary N) is 1. The van der Waals surface area contributed by atoms with Crippen molar-refractivity contribution in [2.24, 2.45) is 0 Å². The van der Waals surface area contributed by atoms with E-state index in [1.165, 1.54) is 0 Å².